The lowest BCUT2D eigenvalue weighted by Gasteiger charge is -2.32. The van der Waals surface area contributed by atoms with Crippen LogP contribution in [0.3, 0.4) is 0 Å². The van der Waals surface area contributed by atoms with E-state index in [1.54, 1.807) is 12.4 Å². The molecule has 0 aliphatic carbocycles. The van der Waals surface area contributed by atoms with Crippen molar-refractivity contribution in [1.29, 1.82) is 0 Å². The SMILES string of the molecule is CCOc1cnc2ccc(B3OC(C)(C)C(C)(C)O3)cc2c1.CCOc1cnc2ccc(Cl)cc2c1. The van der Waals surface area contributed by atoms with Crippen LogP contribution in [0.4, 0.5) is 0 Å². The minimum absolute atomic E-state index is 0.335. The number of hydrogen-bond acceptors (Lipinski definition) is 6. The molecule has 0 amide bonds. The predicted octanol–water partition coefficient (Wildman–Crippen LogP) is 6.22. The van der Waals surface area contributed by atoms with Gasteiger partial charge in [-0.1, -0.05) is 23.7 Å². The fourth-order valence-electron chi connectivity index (χ4n) is 3.83. The number of fused-ring (bicyclic) bond motifs is 2. The van der Waals surface area contributed by atoms with E-state index in [0.29, 0.717) is 18.2 Å². The standard InChI is InChI=1S/C17H22BNO3.C11H10ClNO/c1-6-20-14-10-12-9-13(7-8-15(12)19-11-14)18-21-16(2,3)17(4,5)22-18;1-2-14-10-6-8-5-9(12)3-4-11(8)13-7-10/h7-11H,6H2,1-5H3;3-7H,2H2,1H3. The summed E-state index contributed by atoms with van der Waals surface area (Å²) in [6, 6.07) is 15.6. The molecule has 2 aromatic heterocycles. The lowest BCUT2D eigenvalue weighted by molar-refractivity contribution is 0.00578. The molecule has 4 aromatic rings. The van der Waals surface area contributed by atoms with Gasteiger partial charge in [0.25, 0.3) is 0 Å². The van der Waals surface area contributed by atoms with E-state index in [0.717, 1.165) is 38.8 Å². The molecular formula is C28H32BClN2O4. The third-order valence-corrected chi connectivity index (χ3v) is 6.68. The largest absolute Gasteiger partial charge is 0.494 e. The molecule has 3 heterocycles. The summed E-state index contributed by atoms with van der Waals surface area (Å²) in [7, 11) is -0.356. The van der Waals surface area contributed by atoms with Crippen molar-refractivity contribution in [3.05, 3.63) is 65.9 Å². The second-order valence-electron chi connectivity index (χ2n) is 9.59. The van der Waals surface area contributed by atoms with Crippen LogP contribution in [0.2, 0.25) is 5.02 Å². The summed E-state index contributed by atoms with van der Waals surface area (Å²) in [6.45, 7) is 13.4. The first-order valence-electron chi connectivity index (χ1n) is 12.2. The summed E-state index contributed by atoms with van der Waals surface area (Å²) in [6.07, 6.45) is 3.47. The van der Waals surface area contributed by atoms with Gasteiger partial charge in [-0.2, -0.15) is 0 Å². The average molecular weight is 507 g/mol. The molecule has 1 aliphatic rings. The Bertz CT molecular complexity index is 1350. The van der Waals surface area contributed by atoms with E-state index >= 15 is 0 Å². The zero-order valence-electron chi connectivity index (χ0n) is 21.7. The van der Waals surface area contributed by atoms with Gasteiger partial charge in [-0.15, -0.1) is 0 Å². The molecule has 36 heavy (non-hydrogen) atoms. The number of benzene rings is 2. The smallest absolute Gasteiger partial charge is 0.492 e. The van der Waals surface area contributed by atoms with Crippen molar-refractivity contribution in [2.24, 2.45) is 0 Å². The molecule has 0 atom stereocenters. The van der Waals surface area contributed by atoms with Crippen LogP contribution in [0.25, 0.3) is 21.8 Å². The van der Waals surface area contributed by atoms with Gasteiger partial charge in [-0.05, 0) is 83.4 Å². The van der Waals surface area contributed by atoms with Crippen molar-refractivity contribution >= 4 is 46.0 Å². The second-order valence-corrected chi connectivity index (χ2v) is 10.0. The maximum absolute atomic E-state index is 6.10. The molecule has 1 aliphatic heterocycles. The Morgan fingerprint density at radius 1 is 0.750 bits per heavy atom. The molecule has 0 bridgehead atoms. The Kier molecular flexibility index (Phi) is 7.74. The molecule has 5 rings (SSSR count). The molecule has 8 heteroatoms. The van der Waals surface area contributed by atoms with Crippen LogP contribution in [-0.2, 0) is 9.31 Å². The van der Waals surface area contributed by atoms with Gasteiger partial charge in [-0.3, -0.25) is 9.97 Å². The quantitative estimate of drug-likeness (QED) is 0.299. The Morgan fingerprint density at radius 2 is 1.25 bits per heavy atom. The zero-order chi connectivity index (χ0) is 25.9. The number of halogens is 1. The number of aromatic nitrogens is 2. The first-order valence-corrected chi connectivity index (χ1v) is 12.6. The van der Waals surface area contributed by atoms with E-state index in [4.69, 9.17) is 30.4 Å². The summed E-state index contributed by atoms with van der Waals surface area (Å²) in [5, 5.41) is 2.74. The third kappa shape index (κ3) is 5.75. The molecule has 0 unspecified atom stereocenters. The van der Waals surface area contributed by atoms with Gasteiger partial charge in [0.1, 0.15) is 11.5 Å². The highest BCUT2D eigenvalue weighted by atomic mass is 35.5. The molecule has 0 N–H and O–H groups in total. The Morgan fingerprint density at radius 3 is 1.78 bits per heavy atom. The van der Waals surface area contributed by atoms with Gasteiger partial charge >= 0.3 is 7.12 Å². The monoisotopic (exact) mass is 506 g/mol. The zero-order valence-corrected chi connectivity index (χ0v) is 22.4. The van der Waals surface area contributed by atoms with Crippen LogP contribution in [0.1, 0.15) is 41.5 Å². The van der Waals surface area contributed by atoms with E-state index in [2.05, 4.69) is 43.7 Å². The molecular weight excluding hydrogens is 475 g/mol. The number of hydrogen-bond donors (Lipinski definition) is 0. The highest BCUT2D eigenvalue weighted by Crippen LogP contribution is 2.36. The average Bonchev–Trinajstić information content (AvgIpc) is 3.06. The summed E-state index contributed by atoms with van der Waals surface area (Å²) in [4.78, 5) is 8.68. The lowest BCUT2D eigenvalue weighted by Crippen LogP contribution is -2.41. The minimum atomic E-state index is -0.356. The summed E-state index contributed by atoms with van der Waals surface area (Å²) in [5.41, 5.74) is 2.19. The van der Waals surface area contributed by atoms with E-state index in [1.807, 2.05) is 56.3 Å². The van der Waals surface area contributed by atoms with Crippen LogP contribution in [0.5, 0.6) is 11.5 Å². The van der Waals surface area contributed by atoms with Gasteiger partial charge in [0.15, 0.2) is 0 Å². The van der Waals surface area contributed by atoms with E-state index < -0.39 is 0 Å². The molecule has 0 radical (unpaired) electrons. The Balaban J connectivity index is 0.000000187. The normalized spacial score (nSPS) is 16.0. The highest BCUT2D eigenvalue weighted by molar-refractivity contribution is 6.62. The molecule has 188 valence electrons. The van der Waals surface area contributed by atoms with Crippen molar-refractivity contribution in [3.8, 4) is 11.5 Å². The third-order valence-electron chi connectivity index (χ3n) is 6.45. The number of pyridine rings is 2. The Hall–Kier alpha value is -2.87. The van der Waals surface area contributed by atoms with Crippen LogP contribution in [0, 0.1) is 0 Å². The maximum atomic E-state index is 6.10. The number of nitrogens with zero attached hydrogens (tertiary/aromatic N) is 2. The fraction of sp³-hybridized carbons (Fsp3) is 0.357. The first kappa shape index (κ1) is 26.2. The summed E-state index contributed by atoms with van der Waals surface area (Å²) < 4.78 is 23.1. The summed E-state index contributed by atoms with van der Waals surface area (Å²) >= 11 is 5.88. The molecule has 1 saturated heterocycles. The maximum Gasteiger partial charge on any atom is 0.494 e. The predicted molar refractivity (Wildman–Crippen MR) is 147 cm³/mol. The van der Waals surface area contributed by atoms with Crippen LogP contribution in [0.15, 0.2) is 60.9 Å². The fourth-order valence-corrected chi connectivity index (χ4v) is 4.01. The Labute approximate surface area is 218 Å². The van der Waals surface area contributed by atoms with Crippen molar-refractivity contribution in [2.75, 3.05) is 13.2 Å². The van der Waals surface area contributed by atoms with Crippen molar-refractivity contribution in [3.63, 3.8) is 0 Å². The number of ether oxygens (including phenoxy) is 2. The molecule has 6 nitrogen and oxygen atoms in total. The van der Waals surface area contributed by atoms with Gasteiger partial charge in [0.05, 0.1) is 47.8 Å². The van der Waals surface area contributed by atoms with E-state index in [9.17, 15) is 0 Å². The van der Waals surface area contributed by atoms with Gasteiger partial charge in [-0.25, -0.2) is 0 Å². The van der Waals surface area contributed by atoms with E-state index in [1.165, 1.54) is 0 Å². The summed E-state index contributed by atoms with van der Waals surface area (Å²) in [5.74, 6) is 1.56. The van der Waals surface area contributed by atoms with Crippen molar-refractivity contribution < 1.29 is 18.8 Å². The minimum Gasteiger partial charge on any atom is -0.492 e. The highest BCUT2D eigenvalue weighted by Gasteiger charge is 2.51. The second kappa shape index (κ2) is 10.6. The molecule has 0 spiro atoms. The molecule has 0 saturated carbocycles. The first-order chi connectivity index (χ1) is 17.1. The van der Waals surface area contributed by atoms with Gasteiger partial charge < -0.3 is 18.8 Å². The number of rotatable bonds is 5. The van der Waals surface area contributed by atoms with Crippen molar-refractivity contribution in [1.82, 2.24) is 9.97 Å². The van der Waals surface area contributed by atoms with Crippen LogP contribution >= 0.6 is 11.6 Å². The van der Waals surface area contributed by atoms with E-state index in [-0.39, 0.29) is 18.3 Å². The molecule has 1 fully saturated rings. The molecule has 2 aromatic carbocycles. The van der Waals surface area contributed by atoms with Crippen LogP contribution < -0.4 is 14.9 Å². The van der Waals surface area contributed by atoms with Crippen molar-refractivity contribution in [2.45, 2.75) is 52.7 Å². The van der Waals surface area contributed by atoms with Gasteiger partial charge in [0.2, 0.25) is 0 Å². The topological polar surface area (TPSA) is 62.7 Å². The van der Waals surface area contributed by atoms with Crippen LogP contribution in [-0.4, -0.2) is 41.5 Å². The van der Waals surface area contributed by atoms with Gasteiger partial charge in [0, 0.05) is 15.8 Å². The lowest BCUT2D eigenvalue weighted by atomic mass is 9.78.